The minimum Gasteiger partial charge on any atom is -0.340 e. The van der Waals surface area contributed by atoms with Crippen molar-refractivity contribution in [2.75, 3.05) is 39.3 Å². The van der Waals surface area contributed by atoms with Gasteiger partial charge in [0, 0.05) is 44.7 Å². The van der Waals surface area contributed by atoms with Crippen molar-refractivity contribution in [3.8, 4) is 0 Å². The first kappa shape index (κ1) is 16.7. The molecule has 0 aromatic rings. The van der Waals surface area contributed by atoms with Crippen LogP contribution in [0.5, 0.6) is 0 Å². The number of piperazine rings is 1. The van der Waals surface area contributed by atoms with E-state index in [0.717, 1.165) is 39.3 Å². The molecule has 112 valence electrons. The number of nitrogens with one attached hydrogen (secondary N) is 1. The maximum absolute atomic E-state index is 12.3. The van der Waals surface area contributed by atoms with Gasteiger partial charge >= 0.3 is 0 Å². The molecule has 0 saturated carbocycles. The second-order valence-electron chi connectivity index (χ2n) is 6.04. The van der Waals surface area contributed by atoms with Gasteiger partial charge in [0.1, 0.15) is 0 Å². The molecule has 2 aliphatic heterocycles. The van der Waals surface area contributed by atoms with E-state index in [4.69, 9.17) is 0 Å². The molecule has 2 unspecified atom stereocenters. The van der Waals surface area contributed by atoms with E-state index < -0.39 is 0 Å². The molecule has 2 rings (SSSR count). The van der Waals surface area contributed by atoms with E-state index in [-0.39, 0.29) is 18.3 Å². The number of carbonyl (C=O) groups excluding carboxylic acids is 1. The van der Waals surface area contributed by atoms with Crippen molar-refractivity contribution in [3.63, 3.8) is 0 Å². The minimum absolute atomic E-state index is 0. The van der Waals surface area contributed by atoms with Crippen LogP contribution < -0.4 is 5.32 Å². The van der Waals surface area contributed by atoms with Gasteiger partial charge in [-0.2, -0.15) is 0 Å². The van der Waals surface area contributed by atoms with Crippen molar-refractivity contribution in [1.29, 1.82) is 0 Å². The van der Waals surface area contributed by atoms with Gasteiger partial charge in [0.05, 0.1) is 0 Å². The molecule has 0 spiro atoms. The lowest BCUT2D eigenvalue weighted by Crippen LogP contribution is -2.53. The molecule has 0 bridgehead atoms. The molecule has 1 N–H and O–H groups in total. The van der Waals surface area contributed by atoms with Gasteiger partial charge in [0.15, 0.2) is 0 Å². The summed E-state index contributed by atoms with van der Waals surface area (Å²) in [6.45, 7) is 12.5. The average molecular weight is 290 g/mol. The second-order valence-corrected chi connectivity index (χ2v) is 6.04. The van der Waals surface area contributed by atoms with Gasteiger partial charge in [0.25, 0.3) is 0 Å². The fourth-order valence-electron chi connectivity index (χ4n) is 2.83. The van der Waals surface area contributed by atoms with Crippen LogP contribution in [0.4, 0.5) is 0 Å². The molecule has 0 aliphatic carbocycles. The lowest BCUT2D eigenvalue weighted by atomic mass is 9.96. The Morgan fingerprint density at radius 2 is 1.79 bits per heavy atom. The highest BCUT2D eigenvalue weighted by atomic mass is 35.5. The first-order chi connectivity index (χ1) is 8.59. The van der Waals surface area contributed by atoms with E-state index in [9.17, 15) is 4.79 Å². The average Bonchev–Trinajstić information content (AvgIpc) is 2.91. The summed E-state index contributed by atoms with van der Waals surface area (Å²) in [4.78, 5) is 16.9. The fourth-order valence-corrected chi connectivity index (χ4v) is 2.83. The SMILES string of the molecule is CC(C)C(C)C(=O)N1CCN(C2CCNC2)CC1.Cl. The fraction of sp³-hybridized carbons (Fsp3) is 0.929. The zero-order valence-corrected chi connectivity index (χ0v) is 13.2. The van der Waals surface area contributed by atoms with E-state index >= 15 is 0 Å². The van der Waals surface area contributed by atoms with Crippen molar-refractivity contribution in [1.82, 2.24) is 15.1 Å². The van der Waals surface area contributed by atoms with Crippen molar-refractivity contribution in [3.05, 3.63) is 0 Å². The minimum atomic E-state index is 0. The molecule has 2 fully saturated rings. The third-order valence-corrected chi connectivity index (χ3v) is 4.57. The largest absolute Gasteiger partial charge is 0.340 e. The molecule has 2 heterocycles. The predicted molar refractivity (Wildman–Crippen MR) is 80.7 cm³/mol. The number of amides is 1. The van der Waals surface area contributed by atoms with E-state index in [1.807, 2.05) is 0 Å². The summed E-state index contributed by atoms with van der Waals surface area (Å²) in [5, 5.41) is 3.41. The van der Waals surface area contributed by atoms with Crippen LogP contribution in [0.25, 0.3) is 0 Å². The Kier molecular flexibility index (Phi) is 6.57. The second kappa shape index (κ2) is 7.46. The first-order valence-electron chi connectivity index (χ1n) is 7.33. The number of hydrogen-bond donors (Lipinski definition) is 1. The van der Waals surface area contributed by atoms with Gasteiger partial charge < -0.3 is 10.2 Å². The third-order valence-electron chi connectivity index (χ3n) is 4.57. The highest BCUT2D eigenvalue weighted by Gasteiger charge is 2.29. The highest BCUT2D eigenvalue weighted by Crippen LogP contribution is 2.17. The Hall–Kier alpha value is -0.320. The summed E-state index contributed by atoms with van der Waals surface area (Å²) in [6, 6.07) is 0.699. The zero-order valence-electron chi connectivity index (χ0n) is 12.4. The van der Waals surface area contributed by atoms with Gasteiger partial charge in [-0.15, -0.1) is 12.4 Å². The number of halogens is 1. The highest BCUT2D eigenvalue weighted by molar-refractivity contribution is 5.85. The number of nitrogens with zero attached hydrogens (tertiary/aromatic N) is 2. The summed E-state index contributed by atoms with van der Waals surface area (Å²) in [5.41, 5.74) is 0. The molecule has 4 nitrogen and oxygen atoms in total. The number of hydrogen-bond acceptors (Lipinski definition) is 3. The van der Waals surface area contributed by atoms with Crippen LogP contribution >= 0.6 is 12.4 Å². The van der Waals surface area contributed by atoms with Gasteiger partial charge in [0.2, 0.25) is 5.91 Å². The normalized spacial score (nSPS) is 26.3. The van der Waals surface area contributed by atoms with E-state index in [0.29, 0.717) is 17.9 Å². The Labute approximate surface area is 123 Å². The van der Waals surface area contributed by atoms with E-state index in [2.05, 4.69) is 35.9 Å². The number of carbonyl (C=O) groups is 1. The molecule has 5 heteroatoms. The van der Waals surface area contributed by atoms with Crippen LogP contribution in [-0.2, 0) is 4.79 Å². The Bertz CT molecular complexity index is 284. The maximum atomic E-state index is 12.3. The summed E-state index contributed by atoms with van der Waals surface area (Å²) >= 11 is 0. The molecular weight excluding hydrogens is 262 g/mol. The molecule has 19 heavy (non-hydrogen) atoms. The molecular formula is C14H28ClN3O. The summed E-state index contributed by atoms with van der Waals surface area (Å²) in [7, 11) is 0. The van der Waals surface area contributed by atoms with Crippen molar-refractivity contribution in [2.45, 2.75) is 33.2 Å². The van der Waals surface area contributed by atoms with Gasteiger partial charge in [-0.1, -0.05) is 20.8 Å². The van der Waals surface area contributed by atoms with Gasteiger partial charge in [-0.25, -0.2) is 0 Å². The van der Waals surface area contributed by atoms with E-state index in [1.54, 1.807) is 0 Å². The molecule has 0 aromatic heterocycles. The Morgan fingerprint density at radius 3 is 2.26 bits per heavy atom. The molecule has 2 saturated heterocycles. The smallest absolute Gasteiger partial charge is 0.225 e. The summed E-state index contributed by atoms with van der Waals surface area (Å²) in [5.74, 6) is 0.938. The quantitative estimate of drug-likeness (QED) is 0.848. The summed E-state index contributed by atoms with van der Waals surface area (Å²) in [6.07, 6.45) is 1.26. The van der Waals surface area contributed by atoms with Gasteiger partial charge in [-0.3, -0.25) is 9.69 Å². The van der Waals surface area contributed by atoms with E-state index in [1.165, 1.54) is 6.42 Å². The first-order valence-corrected chi connectivity index (χ1v) is 7.33. The van der Waals surface area contributed by atoms with Crippen LogP contribution in [0.3, 0.4) is 0 Å². The molecule has 0 radical (unpaired) electrons. The molecule has 1 amide bonds. The van der Waals surface area contributed by atoms with Crippen molar-refractivity contribution in [2.24, 2.45) is 11.8 Å². The van der Waals surface area contributed by atoms with Crippen LogP contribution in [0.2, 0.25) is 0 Å². The molecule has 0 aromatic carbocycles. The lowest BCUT2D eigenvalue weighted by molar-refractivity contribution is -0.138. The maximum Gasteiger partial charge on any atom is 0.225 e. The zero-order chi connectivity index (χ0) is 13.1. The Balaban J connectivity index is 0.00000180. The topological polar surface area (TPSA) is 35.6 Å². The third kappa shape index (κ3) is 4.07. The molecule has 2 atom stereocenters. The monoisotopic (exact) mass is 289 g/mol. The lowest BCUT2D eigenvalue weighted by Gasteiger charge is -2.39. The van der Waals surface area contributed by atoms with Crippen LogP contribution in [0.15, 0.2) is 0 Å². The Morgan fingerprint density at radius 1 is 1.16 bits per heavy atom. The van der Waals surface area contributed by atoms with Crippen molar-refractivity contribution >= 4 is 18.3 Å². The predicted octanol–water partition coefficient (Wildman–Crippen LogP) is 1.21. The molecule has 2 aliphatic rings. The van der Waals surface area contributed by atoms with Crippen LogP contribution in [-0.4, -0.2) is 61.0 Å². The van der Waals surface area contributed by atoms with Gasteiger partial charge in [-0.05, 0) is 18.9 Å². The number of rotatable bonds is 3. The van der Waals surface area contributed by atoms with Crippen LogP contribution in [0, 0.1) is 11.8 Å². The van der Waals surface area contributed by atoms with Crippen molar-refractivity contribution < 1.29 is 4.79 Å². The van der Waals surface area contributed by atoms with Crippen LogP contribution in [0.1, 0.15) is 27.2 Å². The summed E-state index contributed by atoms with van der Waals surface area (Å²) < 4.78 is 0. The standard InChI is InChI=1S/C14H27N3O.ClH/c1-11(2)12(3)14(18)17-8-6-16(7-9-17)13-4-5-15-10-13;/h11-13,15H,4-10H2,1-3H3;1H.